The minimum Gasteiger partial charge on any atom is -0.208 e. The molecule has 1 spiro atoms. The first-order valence-corrected chi connectivity index (χ1v) is 15.1. The van der Waals surface area contributed by atoms with Crippen LogP contribution in [0, 0.1) is 0 Å². The Labute approximate surface area is 260 Å². The van der Waals surface area contributed by atoms with Crippen molar-refractivity contribution in [2.75, 3.05) is 0 Å². The molecule has 7 aromatic rings. The Morgan fingerprint density at radius 1 is 0.364 bits per heavy atom. The number of hydrogen-bond acceptors (Lipinski definition) is 3. The highest BCUT2D eigenvalue weighted by Gasteiger charge is 2.51. The highest BCUT2D eigenvalue weighted by molar-refractivity contribution is 6.28. The molecule has 0 saturated carbocycles. The summed E-state index contributed by atoms with van der Waals surface area (Å²) in [6.45, 7) is 0. The van der Waals surface area contributed by atoms with Gasteiger partial charge in [0.05, 0.1) is 5.41 Å². The van der Waals surface area contributed by atoms with Crippen LogP contribution in [0.25, 0.3) is 56.2 Å². The lowest BCUT2D eigenvalue weighted by molar-refractivity contribution is 0.794. The molecular formula is C40H24ClN3. The van der Waals surface area contributed by atoms with E-state index in [-0.39, 0.29) is 5.28 Å². The molecule has 44 heavy (non-hydrogen) atoms. The fourth-order valence-corrected chi connectivity index (χ4v) is 7.44. The van der Waals surface area contributed by atoms with Gasteiger partial charge in [0.2, 0.25) is 5.28 Å². The number of nitrogens with zero attached hydrogens (tertiary/aromatic N) is 3. The van der Waals surface area contributed by atoms with Crippen LogP contribution in [0.2, 0.25) is 5.28 Å². The summed E-state index contributed by atoms with van der Waals surface area (Å²) in [4.78, 5) is 14.1. The Bertz CT molecular complexity index is 2180. The second-order valence-electron chi connectivity index (χ2n) is 11.3. The molecule has 0 atom stereocenters. The van der Waals surface area contributed by atoms with E-state index in [0.29, 0.717) is 11.6 Å². The fourth-order valence-electron chi connectivity index (χ4n) is 7.28. The minimum absolute atomic E-state index is 0.173. The van der Waals surface area contributed by atoms with E-state index in [1.807, 2.05) is 30.3 Å². The molecule has 3 nitrogen and oxygen atoms in total. The molecule has 9 rings (SSSR count). The third-order valence-corrected chi connectivity index (χ3v) is 9.28. The largest absolute Gasteiger partial charge is 0.226 e. The summed E-state index contributed by atoms with van der Waals surface area (Å²) in [6, 6.07) is 51.6. The zero-order valence-electron chi connectivity index (χ0n) is 23.6. The summed E-state index contributed by atoms with van der Waals surface area (Å²) < 4.78 is 0. The van der Waals surface area contributed by atoms with Gasteiger partial charge < -0.3 is 0 Å². The van der Waals surface area contributed by atoms with Gasteiger partial charge in [-0.2, -0.15) is 9.97 Å². The van der Waals surface area contributed by atoms with E-state index in [1.165, 1.54) is 44.5 Å². The second kappa shape index (κ2) is 9.57. The number of hydrogen-bond donors (Lipinski definition) is 0. The average Bonchev–Trinajstić information content (AvgIpc) is 3.56. The predicted octanol–water partition coefficient (Wildman–Crippen LogP) is 9.87. The summed E-state index contributed by atoms with van der Waals surface area (Å²) in [6.07, 6.45) is 0. The summed E-state index contributed by atoms with van der Waals surface area (Å²) >= 11 is 6.56. The highest BCUT2D eigenvalue weighted by atomic mass is 35.5. The van der Waals surface area contributed by atoms with Crippen molar-refractivity contribution in [3.8, 4) is 56.2 Å². The molecule has 6 aromatic carbocycles. The van der Waals surface area contributed by atoms with Crippen LogP contribution < -0.4 is 0 Å². The molecule has 1 aromatic heterocycles. The standard InChI is InChI=1S/C40H24ClN3/c41-39-43-37(27-20-18-26(19-21-27)25-10-2-1-3-11-25)42-38(44-39)28-22-23-32-31-14-6-9-17-35(31)40(36(32)24-28)33-15-7-4-12-29(33)30-13-5-8-16-34(30)40/h1-24H. The van der Waals surface area contributed by atoms with Gasteiger partial charge in [0, 0.05) is 11.1 Å². The zero-order chi connectivity index (χ0) is 29.3. The maximum absolute atomic E-state index is 6.56. The van der Waals surface area contributed by atoms with Crippen LogP contribution in [0.3, 0.4) is 0 Å². The first kappa shape index (κ1) is 25.1. The molecule has 0 N–H and O–H groups in total. The maximum Gasteiger partial charge on any atom is 0.226 e. The van der Waals surface area contributed by atoms with Crippen molar-refractivity contribution in [3.05, 3.63) is 173 Å². The Morgan fingerprint density at radius 3 is 1.39 bits per heavy atom. The monoisotopic (exact) mass is 581 g/mol. The van der Waals surface area contributed by atoms with Crippen molar-refractivity contribution >= 4 is 11.6 Å². The first-order chi connectivity index (χ1) is 21.7. The highest BCUT2D eigenvalue weighted by Crippen LogP contribution is 2.62. The molecule has 0 fully saturated rings. The van der Waals surface area contributed by atoms with Crippen LogP contribution in [0.15, 0.2) is 146 Å². The molecule has 0 radical (unpaired) electrons. The summed E-state index contributed by atoms with van der Waals surface area (Å²) in [5, 5.41) is 0.173. The van der Waals surface area contributed by atoms with Gasteiger partial charge in [-0.25, -0.2) is 4.98 Å². The van der Waals surface area contributed by atoms with E-state index in [9.17, 15) is 0 Å². The van der Waals surface area contributed by atoms with Crippen molar-refractivity contribution in [2.45, 2.75) is 5.41 Å². The Kier molecular flexibility index (Phi) is 5.47. The zero-order valence-corrected chi connectivity index (χ0v) is 24.3. The van der Waals surface area contributed by atoms with Gasteiger partial charge in [0.1, 0.15) is 0 Å². The smallest absolute Gasteiger partial charge is 0.208 e. The van der Waals surface area contributed by atoms with Crippen molar-refractivity contribution in [3.63, 3.8) is 0 Å². The van der Waals surface area contributed by atoms with Crippen molar-refractivity contribution in [2.24, 2.45) is 0 Å². The number of fused-ring (bicyclic) bond motifs is 10. The lowest BCUT2D eigenvalue weighted by Crippen LogP contribution is -2.25. The van der Waals surface area contributed by atoms with E-state index < -0.39 is 5.41 Å². The predicted molar refractivity (Wildman–Crippen MR) is 177 cm³/mol. The van der Waals surface area contributed by atoms with Crippen LogP contribution in [0.5, 0.6) is 0 Å². The van der Waals surface area contributed by atoms with Crippen LogP contribution in [0.1, 0.15) is 22.3 Å². The Morgan fingerprint density at radius 2 is 0.795 bits per heavy atom. The number of halogens is 1. The molecule has 2 aliphatic rings. The average molecular weight is 582 g/mol. The van der Waals surface area contributed by atoms with Gasteiger partial charge in [-0.05, 0) is 73.3 Å². The van der Waals surface area contributed by atoms with Gasteiger partial charge in [0.25, 0.3) is 0 Å². The number of aromatic nitrogens is 3. The van der Waals surface area contributed by atoms with E-state index in [4.69, 9.17) is 16.6 Å². The SMILES string of the molecule is Clc1nc(-c2ccc(-c3ccccc3)cc2)nc(-c2ccc3c(c2)C2(c4ccccc4-c4ccccc42)c2ccccc2-3)n1. The van der Waals surface area contributed by atoms with E-state index >= 15 is 0 Å². The second-order valence-corrected chi connectivity index (χ2v) is 11.7. The molecule has 206 valence electrons. The van der Waals surface area contributed by atoms with E-state index in [0.717, 1.165) is 22.3 Å². The number of rotatable bonds is 3. The first-order valence-electron chi connectivity index (χ1n) is 14.7. The molecule has 2 aliphatic carbocycles. The Hall–Kier alpha value is -5.38. The third kappa shape index (κ3) is 3.54. The summed E-state index contributed by atoms with van der Waals surface area (Å²) in [7, 11) is 0. The quantitative estimate of drug-likeness (QED) is 0.208. The fraction of sp³-hybridized carbons (Fsp3) is 0.0250. The van der Waals surface area contributed by atoms with Crippen LogP contribution in [-0.2, 0) is 5.41 Å². The molecule has 0 amide bonds. The third-order valence-electron chi connectivity index (χ3n) is 9.11. The van der Waals surface area contributed by atoms with Crippen LogP contribution in [0.4, 0.5) is 0 Å². The van der Waals surface area contributed by atoms with Crippen molar-refractivity contribution < 1.29 is 0 Å². The van der Waals surface area contributed by atoms with Crippen molar-refractivity contribution in [1.82, 2.24) is 15.0 Å². The van der Waals surface area contributed by atoms with E-state index in [1.54, 1.807) is 0 Å². The summed E-state index contributed by atoms with van der Waals surface area (Å²) in [5.74, 6) is 1.11. The molecule has 0 bridgehead atoms. The molecule has 1 heterocycles. The van der Waals surface area contributed by atoms with Crippen LogP contribution in [-0.4, -0.2) is 15.0 Å². The lowest BCUT2D eigenvalue weighted by Gasteiger charge is -2.30. The molecule has 4 heteroatoms. The molecule has 0 aliphatic heterocycles. The van der Waals surface area contributed by atoms with Gasteiger partial charge in [-0.1, -0.05) is 140 Å². The lowest BCUT2D eigenvalue weighted by atomic mass is 9.70. The van der Waals surface area contributed by atoms with E-state index in [2.05, 4.69) is 125 Å². The van der Waals surface area contributed by atoms with Gasteiger partial charge in [-0.15, -0.1) is 0 Å². The van der Waals surface area contributed by atoms with Gasteiger partial charge in [0.15, 0.2) is 11.6 Å². The van der Waals surface area contributed by atoms with Crippen LogP contribution >= 0.6 is 11.6 Å². The van der Waals surface area contributed by atoms with Gasteiger partial charge in [-0.3, -0.25) is 0 Å². The van der Waals surface area contributed by atoms with Crippen molar-refractivity contribution in [1.29, 1.82) is 0 Å². The number of benzene rings is 6. The van der Waals surface area contributed by atoms with Gasteiger partial charge >= 0.3 is 0 Å². The molecular weight excluding hydrogens is 558 g/mol. The normalized spacial score (nSPS) is 13.3. The molecule has 0 saturated heterocycles. The topological polar surface area (TPSA) is 38.7 Å². The minimum atomic E-state index is -0.429. The summed E-state index contributed by atoms with van der Waals surface area (Å²) in [5.41, 5.74) is 13.9. The maximum atomic E-state index is 6.56. The Balaban J connectivity index is 1.22. The molecule has 0 unspecified atom stereocenters.